The largest absolute Gasteiger partial charge is 0.447 e. The summed E-state index contributed by atoms with van der Waals surface area (Å²) >= 11 is 0. The Morgan fingerprint density at radius 2 is 2.30 bits per heavy atom. The van der Waals surface area contributed by atoms with E-state index in [1.165, 1.54) is 0 Å². The highest BCUT2D eigenvalue weighted by atomic mass is 16.6. The van der Waals surface area contributed by atoms with Gasteiger partial charge in [0, 0.05) is 30.2 Å². The number of hydrogen-bond donors (Lipinski definition) is 2. The van der Waals surface area contributed by atoms with Crippen molar-refractivity contribution in [1.29, 1.82) is 0 Å². The number of fused-ring (bicyclic) bond motifs is 3. The first-order valence-corrected chi connectivity index (χ1v) is 7.47. The van der Waals surface area contributed by atoms with Crippen molar-refractivity contribution in [3.63, 3.8) is 0 Å². The van der Waals surface area contributed by atoms with E-state index in [0.29, 0.717) is 18.7 Å². The molecule has 7 heteroatoms. The molecule has 0 spiro atoms. The van der Waals surface area contributed by atoms with E-state index in [1.807, 2.05) is 16.8 Å². The number of ether oxygens (including phenoxy) is 1. The predicted molar refractivity (Wildman–Crippen MR) is 87.9 cm³/mol. The van der Waals surface area contributed by atoms with Crippen LogP contribution in [0.15, 0.2) is 37.1 Å². The summed E-state index contributed by atoms with van der Waals surface area (Å²) in [7, 11) is 0. The van der Waals surface area contributed by atoms with Crippen LogP contribution < -0.4 is 5.32 Å². The first-order valence-electron chi connectivity index (χ1n) is 7.47. The van der Waals surface area contributed by atoms with Crippen LogP contribution in [0.2, 0.25) is 0 Å². The topological polar surface area (TPSA) is 84.8 Å². The number of aromatic nitrogens is 4. The van der Waals surface area contributed by atoms with Gasteiger partial charge >= 0.3 is 6.09 Å². The molecule has 1 amide bonds. The van der Waals surface area contributed by atoms with Crippen LogP contribution in [-0.4, -0.2) is 31.7 Å². The van der Waals surface area contributed by atoms with Gasteiger partial charge < -0.3 is 14.3 Å². The zero-order chi connectivity index (χ0) is 16.4. The molecular weight excluding hydrogens is 294 g/mol. The number of alkyl carbamates (subject to hydrolysis) is 1. The third-order valence-electron chi connectivity index (χ3n) is 3.44. The van der Waals surface area contributed by atoms with Crippen molar-refractivity contribution >= 4 is 28.2 Å². The van der Waals surface area contributed by atoms with E-state index in [1.54, 1.807) is 26.4 Å². The average molecular weight is 313 g/mol. The molecule has 3 rings (SSSR count). The number of hydrogen-bond acceptors (Lipinski definition) is 4. The molecule has 23 heavy (non-hydrogen) atoms. The van der Waals surface area contributed by atoms with Crippen LogP contribution in [-0.2, 0) is 11.3 Å². The molecule has 7 nitrogen and oxygen atoms in total. The van der Waals surface area contributed by atoms with Gasteiger partial charge in [-0.15, -0.1) is 0 Å². The molecule has 0 aliphatic rings. The van der Waals surface area contributed by atoms with Crippen LogP contribution >= 0.6 is 0 Å². The number of imidazole rings is 1. The molecule has 0 aromatic carbocycles. The summed E-state index contributed by atoms with van der Waals surface area (Å²) in [5.74, 6) is 0. The molecule has 0 radical (unpaired) electrons. The van der Waals surface area contributed by atoms with E-state index in [2.05, 4.69) is 26.8 Å². The lowest BCUT2D eigenvalue weighted by Gasteiger charge is -2.12. The standard InChI is InChI=1S/C16H19N5O2/c1-10(2)23-16(22)20-11(3)5-7-21-9-19-13-8-18-15-12(14(13)21)4-6-17-15/h4,6,8-10H,3,5,7H2,1-2H3,(H,17,18)(H,20,22). The molecule has 0 aliphatic carbocycles. The number of H-pyrrole nitrogens is 1. The molecule has 0 aliphatic heterocycles. The van der Waals surface area contributed by atoms with Gasteiger partial charge in [-0.1, -0.05) is 6.58 Å². The predicted octanol–water partition coefficient (Wildman–Crippen LogP) is 2.95. The minimum Gasteiger partial charge on any atom is -0.447 e. The summed E-state index contributed by atoms with van der Waals surface area (Å²) in [4.78, 5) is 23.3. The normalized spacial score (nSPS) is 11.3. The molecule has 0 saturated carbocycles. The monoisotopic (exact) mass is 313 g/mol. The van der Waals surface area contributed by atoms with Crippen molar-refractivity contribution in [1.82, 2.24) is 24.8 Å². The van der Waals surface area contributed by atoms with Crippen molar-refractivity contribution < 1.29 is 9.53 Å². The van der Waals surface area contributed by atoms with Crippen molar-refractivity contribution in [2.45, 2.75) is 32.9 Å². The number of nitrogens with zero attached hydrogens (tertiary/aromatic N) is 3. The summed E-state index contributed by atoms with van der Waals surface area (Å²) in [5.41, 5.74) is 3.30. The van der Waals surface area contributed by atoms with Crippen LogP contribution in [0.5, 0.6) is 0 Å². The third-order valence-corrected chi connectivity index (χ3v) is 3.44. The molecule has 0 bridgehead atoms. The Hall–Kier alpha value is -2.83. The number of aromatic amines is 1. The van der Waals surface area contributed by atoms with Crippen LogP contribution in [0.1, 0.15) is 20.3 Å². The molecule has 2 N–H and O–H groups in total. The first-order chi connectivity index (χ1) is 11.0. The van der Waals surface area contributed by atoms with Crippen molar-refractivity contribution in [2.24, 2.45) is 0 Å². The van der Waals surface area contributed by atoms with Gasteiger partial charge in [-0.3, -0.25) is 5.32 Å². The lowest BCUT2D eigenvalue weighted by atomic mass is 10.2. The zero-order valence-corrected chi connectivity index (χ0v) is 13.2. The first kappa shape index (κ1) is 15.1. The van der Waals surface area contributed by atoms with Gasteiger partial charge in [0.1, 0.15) is 11.2 Å². The van der Waals surface area contributed by atoms with E-state index < -0.39 is 6.09 Å². The average Bonchev–Trinajstić information content (AvgIpc) is 3.09. The zero-order valence-electron chi connectivity index (χ0n) is 13.2. The molecule has 0 fully saturated rings. The Kier molecular flexibility index (Phi) is 4.01. The van der Waals surface area contributed by atoms with Gasteiger partial charge in [0.25, 0.3) is 0 Å². The molecular formula is C16H19N5O2. The number of rotatable bonds is 5. The van der Waals surface area contributed by atoms with Gasteiger partial charge in [0.2, 0.25) is 0 Å². The van der Waals surface area contributed by atoms with Crippen molar-refractivity contribution in [2.75, 3.05) is 0 Å². The fraction of sp³-hybridized carbons (Fsp3) is 0.312. The van der Waals surface area contributed by atoms with Crippen LogP contribution in [0.4, 0.5) is 4.79 Å². The second kappa shape index (κ2) is 6.12. The smallest absolute Gasteiger partial charge is 0.411 e. The lowest BCUT2D eigenvalue weighted by molar-refractivity contribution is 0.118. The van der Waals surface area contributed by atoms with Crippen molar-refractivity contribution in [3.8, 4) is 0 Å². The molecule has 0 atom stereocenters. The minimum absolute atomic E-state index is 0.158. The molecule has 0 unspecified atom stereocenters. The van der Waals surface area contributed by atoms with Gasteiger partial charge in [0.15, 0.2) is 0 Å². The summed E-state index contributed by atoms with van der Waals surface area (Å²) in [6.07, 6.45) is 5.34. The summed E-state index contributed by atoms with van der Waals surface area (Å²) in [6.45, 7) is 8.13. The summed E-state index contributed by atoms with van der Waals surface area (Å²) in [6, 6.07) is 1.98. The number of carbonyl (C=O) groups excluding carboxylic acids is 1. The minimum atomic E-state index is -0.474. The van der Waals surface area contributed by atoms with Crippen LogP contribution in [0, 0.1) is 0 Å². The second-order valence-electron chi connectivity index (χ2n) is 5.60. The fourth-order valence-electron chi connectivity index (χ4n) is 2.44. The van der Waals surface area contributed by atoms with Gasteiger partial charge in [-0.25, -0.2) is 14.8 Å². The summed E-state index contributed by atoms with van der Waals surface area (Å²) in [5, 5.41) is 3.67. The Morgan fingerprint density at radius 3 is 3.09 bits per heavy atom. The number of amides is 1. The Labute approximate surface area is 133 Å². The summed E-state index contributed by atoms with van der Waals surface area (Å²) < 4.78 is 7.07. The van der Waals surface area contributed by atoms with Crippen LogP contribution in [0.3, 0.4) is 0 Å². The molecule has 3 heterocycles. The highest BCUT2D eigenvalue weighted by Gasteiger charge is 2.10. The number of carbonyl (C=O) groups is 1. The maximum atomic E-state index is 11.6. The molecule has 120 valence electrons. The van der Waals surface area contributed by atoms with E-state index in [0.717, 1.165) is 22.1 Å². The van der Waals surface area contributed by atoms with Crippen molar-refractivity contribution in [3.05, 3.63) is 37.1 Å². The van der Waals surface area contributed by atoms with E-state index >= 15 is 0 Å². The number of aryl methyl sites for hydroxylation is 1. The number of pyridine rings is 1. The molecule has 3 aromatic rings. The van der Waals surface area contributed by atoms with Gasteiger partial charge in [0.05, 0.1) is 24.1 Å². The van der Waals surface area contributed by atoms with E-state index in [-0.39, 0.29) is 6.10 Å². The second-order valence-corrected chi connectivity index (χ2v) is 5.60. The molecule has 3 aromatic heterocycles. The maximum Gasteiger partial charge on any atom is 0.411 e. The third kappa shape index (κ3) is 3.18. The Morgan fingerprint density at radius 1 is 1.48 bits per heavy atom. The molecule has 0 saturated heterocycles. The van der Waals surface area contributed by atoms with Crippen LogP contribution in [0.25, 0.3) is 22.1 Å². The van der Waals surface area contributed by atoms with E-state index in [9.17, 15) is 4.79 Å². The Bertz CT molecular complexity index is 862. The highest BCUT2D eigenvalue weighted by molar-refractivity contribution is 6.00. The SMILES string of the molecule is C=C(CCn1cnc2cnc3[nH]ccc3c21)NC(=O)OC(C)C. The van der Waals surface area contributed by atoms with Gasteiger partial charge in [-0.2, -0.15) is 0 Å². The maximum absolute atomic E-state index is 11.6. The number of allylic oxidation sites excluding steroid dienone is 1. The fourth-order valence-corrected chi connectivity index (χ4v) is 2.44. The quantitative estimate of drug-likeness (QED) is 0.758. The van der Waals surface area contributed by atoms with Gasteiger partial charge in [-0.05, 0) is 19.9 Å². The Balaban J connectivity index is 1.71. The van der Waals surface area contributed by atoms with E-state index in [4.69, 9.17) is 4.74 Å². The highest BCUT2D eigenvalue weighted by Crippen LogP contribution is 2.22. The number of nitrogens with one attached hydrogen (secondary N) is 2. The lowest BCUT2D eigenvalue weighted by Crippen LogP contribution is -2.26.